The Kier molecular flexibility index (Phi) is 4.82. The van der Waals surface area contributed by atoms with Crippen molar-refractivity contribution in [2.45, 2.75) is 45.7 Å². The van der Waals surface area contributed by atoms with Crippen LogP contribution < -0.4 is 10.6 Å². The summed E-state index contributed by atoms with van der Waals surface area (Å²) in [5, 5.41) is 5.67. The van der Waals surface area contributed by atoms with Crippen LogP contribution in [-0.2, 0) is 16.1 Å². The van der Waals surface area contributed by atoms with E-state index in [0.29, 0.717) is 24.6 Å². The predicted octanol–water partition coefficient (Wildman–Crippen LogP) is 1.84. The Morgan fingerprint density at radius 2 is 2.15 bits per heavy atom. The summed E-state index contributed by atoms with van der Waals surface area (Å²) in [5.74, 6) is 1.01. The van der Waals surface area contributed by atoms with Gasteiger partial charge >= 0.3 is 0 Å². The molecule has 110 valence electrons. The summed E-state index contributed by atoms with van der Waals surface area (Å²) in [5.41, 5.74) is 0. The van der Waals surface area contributed by atoms with Gasteiger partial charge in [0.25, 0.3) is 0 Å². The molecule has 2 N–H and O–H groups in total. The molecular formula is C15H22N2O3. The fourth-order valence-electron chi connectivity index (χ4n) is 2.05. The third-order valence-corrected chi connectivity index (χ3v) is 3.31. The molecule has 5 nitrogen and oxygen atoms in total. The van der Waals surface area contributed by atoms with E-state index in [1.807, 2.05) is 13.8 Å². The van der Waals surface area contributed by atoms with E-state index < -0.39 is 6.04 Å². The van der Waals surface area contributed by atoms with E-state index in [0.717, 1.165) is 12.8 Å². The summed E-state index contributed by atoms with van der Waals surface area (Å²) in [6.07, 6.45) is 4.09. The van der Waals surface area contributed by atoms with Gasteiger partial charge in [0.15, 0.2) is 0 Å². The quantitative estimate of drug-likeness (QED) is 0.799. The van der Waals surface area contributed by atoms with Crippen molar-refractivity contribution < 1.29 is 14.0 Å². The average Bonchev–Trinajstić information content (AvgIpc) is 3.12. The third-order valence-electron chi connectivity index (χ3n) is 3.31. The lowest BCUT2D eigenvalue weighted by Gasteiger charge is -2.20. The summed E-state index contributed by atoms with van der Waals surface area (Å²) >= 11 is 0. The minimum Gasteiger partial charge on any atom is -0.467 e. The minimum absolute atomic E-state index is 0.00352. The lowest BCUT2D eigenvalue weighted by molar-refractivity contribution is -0.130. The number of amides is 2. The van der Waals surface area contributed by atoms with Crippen molar-refractivity contribution in [3.05, 3.63) is 24.2 Å². The van der Waals surface area contributed by atoms with E-state index in [4.69, 9.17) is 4.42 Å². The maximum atomic E-state index is 12.2. The highest BCUT2D eigenvalue weighted by molar-refractivity contribution is 5.89. The van der Waals surface area contributed by atoms with Crippen LogP contribution in [0, 0.1) is 11.8 Å². The maximum Gasteiger partial charge on any atom is 0.242 e. The summed E-state index contributed by atoms with van der Waals surface area (Å²) in [6, 6.07) is 3.13. The van der Waals surface area contributed by atoms with Gasteiger partial charge in [0, 0.05) is 5.92 Å². The number of carbonyl (C=O) groups is 2. The molecule has 2 amide bonds. The highest BCUT2D eigenvalue weighted by Gasteiger charge is 2.32. The molecular weight excluding hydrogens is 256 g/mol. The van der Waals surface area contributed by atoms with Crippen LogP contribution in [-0.4, -0.2) is 17.9 Å². The topological polar surface area (TPSA) is 71.3 Å². The summed E-state index contributed by atoms with van der Waals surface area (Å²) < 4.78 is 5.17. The van der Waals surface area contributed by atoms with Gasteiger partial charge in [0.1, 0.15) is 11.8 Å². The molecule has 1 atom stereocenters. The second kappa shape index (κ2) is 6.59. The number of nitrogens with one attached hydrogen (secondary N) is 2. The second-order valence-electron chi connectivity index (χ2n) is 5.76. The Balaban J connectivity index is 1.86. The molecule has 1 aromatic rings. The van der Waals surface area contributed by atoms with Gasteiger partial charge in [-0.15, -0.1) is 0 Å². The average molecular weight is 278 g/mol. The molecule has 20 heavy (non-hydrogen) atoms. The second-order valence-corrected chi connectivity index (χ2v) is 5.76. The molecule has 1 fully saturated rings. The number of furan rings is 1. The van der Waals surface area contributed by atoms with E-state index in [1.54, 1.807) is 18.4 Å². The third kappa shape index (κ3) is 4.40. The van der Waals surface area contributed by atoms with Crippen molar-refractivity contribution in [2.75, 3.05) is 0 Å². The largest absolute Gasteiger partial charge is 0.467 e. The van der Waals surface area contributed by atoms with Crippen molar-refractivity contribution in [1.82, 2.24) is 10.6 Å². The van der Waals surface area contributed by atoms with Crippen molar-refractivity contribution in [1.29, 1.82) is 0 Å². The number of hydrogen-bond acceptors (Lipinski definition) is 3. The maximum absolute atomic E-state index is 12.2. The molecule has 0 saturated heterocycles. The van der Waals surface area contributed by atoms with Crippen LogP contribution in [0.5, 0.6) is 0 Å². The predicted molar refractivity (Wildman–Crippen MR) is 74.7 cm³/mol. The van der Waals surface area contributed by atoms with Crippen LogP contribution in [0.4, 0.5) is 0 Å². The fraction of sp³-hybridized carbons (Fsp3) is 0.600. The van der Waals surface area contributed by atoms with E-state index in [1.165, 1.54) is 0 Å². The van der Waals surface area contributed by atoms with Gasteiger partial charge < -0.3 is 15.1 Å². The van der Waals surface area contributed by atoms with Crippen LogP contribution in [0.25, 0.3) is 0 Å². The summed E-state index contributed by atoms with van der Waals surface area (Å²) in [4.78, 5) is 24.0. The van der Waals surface area contributed by atoms with Crippen LogP contribution >= 0.6 is 0 Å². The molecule has 1 heterocycles. The Labute approximate surface area is 119 Å². The van der Waals surface area contributed by atoms with E-state index in [9.17, 15) is 9.59 Å². The first-order valence-corrected chi connectivity index (χ1v) is 7.16. The number of carbonyl (C=O) groups excluding carboxylic acids is 2. The smallest absolute Gasteiger partial charge is 0.242 e. The van der Waals surface area contributed by atoms with Crippen LogP contribution in [0.15, 0.2) is 22.8 Å². The zero-order valence-electron chi connectivity index (χ0n) is 12.0. The van der Waals surface area contributed by atoms with E-state index in [-0.39, 0.29) is 17.7 Å². The molecule has 5 heteroatoms. The molecule has 0 bridgehead atoms. The van der Waals surface area contributed by atoms with Crippen molar-refractivity contribution >= 4 is 11.8 Å². The molecule has 0 radical (unpaired) electrons. The Morgan fingerprint density at radius 1 is 1.40 bits per heavy atom. The van der Waals surface area contributed by atoms with Gasteiger partial charge in [-0.2, -0.15) is 0 Å². The van der Waals surface area contributed by atoms with Gasteiger partial charge in [0.2, 0.25) is 11.8 Å². The number of rotatable bonds is 7. The van der Waals surface area contributed by atoms with Crippen LogP contribution in [0.3, 0.4) is 0 Å². The summed E-state index contributed by atoms with van der Waals surface area (Å²) in [6.45, 7) is 4.42. The van der Waals surface area contributed by atoms with Gasteiger partial charge in [-0.25, -0.2) is 0 Å². The molecule has 1 aliphatic carbocycles. The summed E-state index contributed by atoms with van der Waals surface area (Å²) in [7, 11) is 0. The standard InChI is InChI=1S/C15H22N2O3/c1-10(2)8-13(17-14(18)11-5-6-11)15(19)16-9-12-4-3-7-20-12/h3-4,7,10-11,13H,5-6,8-9H2,1-2H3,(H,16,19)(H,17,18)/t13-/m0/s1. The molecule has 0 aliphatic heterocycles. The van der Waals surface area contributed by atoms with E-state index in [2.05, 4.69) is 10.6 Å². The first kappa shape index (κ1) is 14.6. The van der Waals surface area contributed by atoms with Crippen molar-refractivity contribution in [2.24, 2.45) is 11.8 Å². The molecule has 1 aromatic heterocycles. The molecule has 0 spiro atoms. The first-order chi connectivity index (χ1) is 9.56. The highest BCUT2D eigenvalue weighted by Crippen LogP contribution is 2.29. The van der Waals surface area contributed by atoms with Crippen LogP contribution in [0.2, 0.25) is 0 Å². The van der Waals surface area contributed by atoms with Crippen molar-refractivity contribution in [3.8, 4) is 0 Å². The Hall–Kier alpha value is -1.78. The van der Waals surface area contributed by atoms with Crippen LogP contribution in [0.1, 0.15) is 38.9 Å². The fourth-order valence-corrected chi connectivity index (χ4v) is 2.05. The zero-order valence-corrected chi connectivity index (χ0v) is 12.0. The highest BCUT2D eigenvalue weighted by atomic mass is 16.3. The number of hydrogen-bond donors (Lipinski definition) is 2. The lowest BCUT2D eigenvalue weighted by atomic mass is 10.0. The monoisotopic (exact) mass is 278 g/mol. The van der Waals surface area contributed by atoms with E-state index >= 15 is 0 Å². The molecule has 1 saturated carbocycles. The molecule has 0 aromatic carbocycles. The first-order valence-electron chi connectivity index (χ1n) is 7.16. The van der Waals surface area contributed by atoms with Crippen molar-refractivity contribution in [3.63, 3.8) is 0 Å². The molecule has 0 unspecified atom stereocenters. The molecule has 2 rings (SSSR count). The lowest BCUT2D eigenvalue weighted by Crippen LogP contribution is -2.47. The normalized spacial score (nSPS) is 15.9. The Morgan fingerprint density at radius 3 is 2.70 bits per heavy atom. The minimum atomic E-state index is -0.460. The SMILES string of the molecule is CC(C)C[C@H](NC(=O)C1CC1)C(=O)NCc1ccco1. The van der Waals surface area contributed by atoms with Gasteiger partial charge in [0.05, 0.1) is 12.8 Å². The van der Waals surface area contributed by atoms with Gasteiger partial charge in [-0.3, -0.25) is 9.59 Å². The molecule has 1 aliphatic rings. The van der Waals surface area contributed by atoms with Gasteiger partial charge in [-0.05, 0) is 37.3 Å². The zero-order chi connectivity index (χ0) is 14.5. The Bertz CT molecular complexity index is 450. The van der Waals surface area contributed by atoms with Gasteiger partial charge in [-0.1, -0.05) is 13.8 Å².